The normalized spacial score (nSPS) is 20.8. The number of rotatable bonds is 2. The van der Waals surface area contributed by atoms with Crippen molar-refractivity contribution in [2.75, 3.05) is 24.5 Å². The Labute approximate surface area is 92.7 Å². The van der Waals surface area contributed by atoms with Gasteiger partial charge in [-0.15, -0.1) is 0 Å². The summed E-state index contributed by atoms with van der Waals surface area (Å²) in [4.78, 5) is 12.8. The van der Waals surface area contributed by atoms with Crippen molar-refractivity contribution in [1.29, 1.82) is 0 Å². The maximum absolute atomic E-state index is 12.8. The second kappa shape index (κ2) is 4.49. The number of hydrogen-bond donors (Lipinski definition) is 2. The molecular formula is C11H13FN2O2. The fourth-order valence-corrected chi connectivity index (χ4v) is 1.87. The van der Waals surface area contributed by atoms with Gasteiger partial charge in [-0.1, -0.05) is 0 Å². The molecule has 0 spiro atoms. The highest BCUT2D eigenvalue weighted by atomic mass is 19.1. The highest BCUT2D eigenvalue weighted by Gasteiger charge is 2.28. The quantitative estimate of drug-likeness (QED) is 0.776. The molecule has 1 aromatic rings. The van der Waals surface area contributed by atoms with Crippen molar-refractivity contribution >= 4 is 11.7 Å². The minimum atomic E-state index is -0.864. The van der Waals surface area contributed by atoms with Crippen molar-refractivity contribution in [3.05, 3.63) is 30.1 Å². The van der Waals surface area contributed by atoms with E-state index >= 15 is 0 Å². The Morgan fingerprint density at radius 3 is 2.75 bits per heavy atom. The van der Waals surface area contributed by atoms with Gasteiger partial charge in [0.2, 0.25) is 0 Å². The van der Waals surface area contributed by atoms with Gasteiger partial charge in [0.25, 0.3) is 0 Å². The molecule has 1 aromatic carbocycles. The second-order valence-electron chi connectivity index (χ2n) is 3.73. The van der Waals surface area contributed by atoms with Gasteiger partial charge in [-0.2, -0.15) is 0 Å². The number of nitrogens with one attached hydrogen (secondary N) is 1. The molecule has 2 N–H and O–H groups in total. The number of carbonyl (C=O) groups is 1. The summed E-state index contributed by atoms with van der Waals surface area (Å²) in [6.07, 6.45) is 0. The highest BCUT2D eigenvalue weighted by Crippen LogP contribution is 2.18. The minimum absolute atomic E-state index is 0.314. The van der Waals surface area contributed by atoms with Crippen LogP contribution in [-0.4, -0.2) is 36.8 Å². The predicted molar refractivity (Wildman–Crippen MR) is 58.0 cm³/mol. The lowest BCUT2D eigenvalue weighted by atomic mass is 10.1. The first-order valence-electron chi connectivity index (χ1n) is 5.14. The second-order valence-corrected chi connectivity index (χ2v) is 3.73. The lowest BCUT2D eigenvalue weighted by Crippen LogP contribution is -2.55. The lowest BCUT2D eigenvalue weighted by molar-refractivity contribution is -0.138. The number of anilines is 1. The van der Waals surface area contributed by atoms with Gasteiger partial charge in [0.1, 0.15) is 11.9 Å². The zero-order chi connectivity index (χ0) is 11.5. The predicted octanol–water partition coefficient (Wildman–Crippen LogP) is 0.688. The molecule has 1 aliphatic rings. The van der Waals surface area contributed by atoms with Crippen molar-refractivity contribution in [1.82, 2.24) is 5.32 Å². The Hall–Kier alpha value is -1.62. The van der Waals surface area contributed by atoms with Crippen molar-refractivity contribution < 1.29 is 14.3 Å². The Bertz CT molecular complexity index is 380. The van der Waals surface area contributed by atoms with Gasteiger partial charge in [-0.05, 0) is 24.3 Å². The van der Waals surface area contributed by atoms with E-state index in [1.165, 1.54) is 12.1 Å². The lowest BCUT2D eigenvalue weighted by Gasteiger charge is -2.35. The molecule has 0 bridgehead atoms. The highest BCUT2D eigenvalue weighted by molar-refractivity contribution is 5.78. The maximum atomic E-state index is 12.8. The molecule has 1 saturated heterocycles. The monoisotopic (exact) mass is 224 g/mol. The fraction of sp³-hybridized carbons (Fsp3) is 0.364. The molecule has 0 aliphatic carbocycles. The molecule has 1 unspecified atom stereocenters. The molecule has 16 heavy (non-hydrogen) atoms. The summed E-state index contributed by atoms with van der Waals surface area (Å²) in [7, 11) is 0. The first-order valence-corrected chi connectivity index (χ1v) is 5.14. The van der Waals surface area contributed by atoms with Crippen LogP contribution >= 0.6 is 0 Å². The molecule has 2 rings (SSSR count). The van der Waals surface area contributed by atoms with Gasteiger partial charge in [-0.25, -0.2) is 9.18 Å². The summed E-state index contributed by atoms with van der Waals surface area (Å²) in [5.74, 6) is -1.18. The summed E-state index contributed by atoms with van der Waals surface area (Å²) in [5.41, 5.74) is 0.746. The summed E-state index contributed by atoms with van der Waals surface area (Å²) < 4.78 is 12.8. The average molecular weight is 224 g/mol. The molecule has 0 amide bonds. The molecule has 0 saturated carbocycles. The molecule has 1 atom stereocenters. The van der Waals surface area contributed by atoms with Crippen LogP contribution < -0.4 is 10.2 Å². The van der Waals surface area contributed by atoms with Crippen molar-refractivity contribution in [3.8, 4) is 0 Å². The van der Waals surface area contributed by atoms with E-state index in [1.807, 2.05) is 0 Å². The minimum Gasteiger partial charge on any atom is -0.480 e. The summed E-state index contributed by atoms with van der Waals surface area (Å²) in [6.45, 7) is 1.76. The number of hydrogen-bond acceptors (Lipinski definition) is 3. The Balaban J connectivity index is 2.23. The van der Waals surface area contributed by atoms with Crippen LogP contribution in [0.5, 0.6) is 0 Å². The van der Waals surface area contributed by atoms with Crippen LogP contribution in [0.2, 0.25) is 0 Å². The smallest absolute Gasteiger partial charge is 0.327 e. The number of benzene rings is 1. The fourth-order valence-electron chi connectivity index (χ4n) is 1.87. The number of aliphatic carboxylic acids is 1. The molecule has 5 heteroatoms. The third-order valence-electron chi connectivity index (χ3n) is 2.69. The number of nitrogens with zero attached hydrogens (tertiary/aromatic N) is 1. The maximum Gasteiger partial charge on any atom is 0.327 e. The number of piperazine rings is 1. The van der Waals surface area contributed by atoms with E-state index in [9.17, 15) is 9.18 Å². The van der Waals surface area contributed by atoms with Gasteiger partial charge in [0.05, 0.1) is 0 Å². The molecule has 1 fully saturated rings. The van der Waals surface area contributed by atoms with Crippen LogP contribution in [0.1, 0.15) is 0 Å². The molecule has 86 valence electrons. The van der Waals surface area contributed by atoms with Crippen molar-refractivity contribution in [2.24, 2.45) is 0 Å². The zero-order valence-electron chi connectivity index (χ0n) is 8.69. The SMILES string of the molecule is O=C(O)C1CNCCN1c1ccc(F)cc1. The number of halogens is 1. The average Bonchev–Trinajstić information content (AvgIpc) is 2.30. The number of carboxylic acids is 1. The van der Waals surface area contributed by atoms with Crippen LogP contribution in [0.3, 0.4) is 0 Å². The zero-order valence-corrected chi connectivity index (χ0v) is 8.69. The van der Waals surface area contributed by atoms with Gasteiger partial charge in [0, 0.05) is 25.3 Å². The Morgan fingerprint density at radius 1 is 1.44 bits per heavy atom. The van der Waals surface area contributed by atoms with Gasteiger partial charge >= 0.3 is 5.97 Å². The summed E-state index contributed by atoms with van der Waals surface area (Å²) >= 11 is 0. The van der Waals surface area contributed by atoms with Gasteiger partial charge in [-0.3, -0.25) is 0 Å². The first kappa shape index (κ1) is 10.9. The van der Waals surface area contributed by atoms with Crippen molar-refractivity contribution in [3.63, 3.8) is 0 Å². The van der Waals surface area contributed by atoms with E-state index in [2.05, 4.69) is 5.32 Å². The van der Waals surface area contributed by atoms with E-state index in [4.69, 9.17) is 5.11 Å². The van der Waals surface area contributed by atoms with E-state index in [1.54, 1.807) is 17.0 Å². The molecular weight excluding hydrogens is 211 g/mol. The first-order chi connectivity index (χ1) is 7.68. The molecule has 1 aliphatic heterocycles. The van der Waals surface area contributed by atoms with Crippen molar-refractivity contribution in [2.45, 2.75) is 6.04 Å². The topological polar surface area (TPSA) is 52.6 Å². The Kier molecular flexibility index (Phi) is 3.05. The van der Waals surface area contributed by atoms with Crippen LogP contribution in [0, 0.1) is 5.82 Å². The van der Waals surface area contributed by atoms with E-state index in [0.717, 1.165) is 12.2 Å². The van der Waals surface area contributed by atoms with Gasteiger partial charge in [0.15, 0.2) is 0 Å². The molecule has 4 nitrogen and oxygen atoms in total. The van der Waals surface area contributed by atoms with Crippen LogP contribution in [0.25, 0.3) is 0 Å². The van der Waals surface area contributed by atoms with E-state index < -0.39 is 12.0 Å². The Morgan fingerprint density at radius 2 is 2.12 bits per heavy atom. The standard InChI is InChI=1S/C11H13FN2O2/c12-8-1-3-9(4-2-8)14-6-5-13-7-10(14)11(15)16/h1-4,10,13H,5-7H2,(H,15,16). The third-order valence-corrected chi connectivity index (χ3v) is 2.69. The summed E-state index contributed by atoms with van der Waals surface area (Å²) in [5, 5.41) is 12.1. The summed E-state index contributed by atoms with van der Waals surface area (Å²) in [6, 6.07) is 5.32. The van der Waals surface area contributed by atoms with Gasteiger partial charge < -0.3 is 15.3 Å². The van der Waals surface area contributed by atoms with E-state index in [0.29, 0.717) is 13.1 Å². The molecule has 0 radical (unpaired) electrons. The molecule has 0 aromatic heterocycles. The van der Waals surface area contributed by atoms with E-state index in [-0.39, 0.29) is 5.82 Å². The van der Waals surface area contributed by atoms with Crippen LogP contribution in [0.4, 0.5) is 10.1 Å². The molecule has 1 heterocycles. The van der Waals surface area contributed by atoms with Crippen LogP contribution in [-0.2, 0) is 4.79 Å². The largest absolute Gasteiger partial charge is 0.480 e. The van der Waals surface area contributed by atoms with Crippen LogP contribution in [0.15, 0.2) is 24.3 Å². The number of carboxylic acid groups (broad SMARTS) is 1. The third kappa shape index (κ3) is 2.14.